The molecule has 0 atom stereocenters. The lowest BCUT2D eigenvalue weighted by molar-refractivity contribution is 0.379. The Balaban J connectivity index is 3.15. The largest absolute Gasteiger partial charge is 0.222 e. The van der Waals surface area contributed by atoms with E-state index in [-0.39, 0.29) is 0 Å². The van der Waals surface area contributed by atoms with E-state index in [0.717, 1.165) is 22.8 Å². The Hall–Kier alpha value is 0.910. The van der Waals surface area contributed by atoms with Crippen molar-refractivity contribution in [2.75, 3.05) is 6.26 Å². The van der Waals surface area contributed by atoms with Crippen molar-refractivity contribution in [3.8, 4) is 6.07 Å². The maximum Gasteiger partial charge on any atom is 0.222 e. The van der Waals surface area contributed by atoms with Gasteiger partial charge in [0.1, 0.15) is 5.54 Å². The second kappa shape index (κ2) is 6.35. The molecule has 0 aromatic rings. The summed E-state index contributed by atoms with van der Waals surface area (Å²) in [6.07, 6.45) is 3.40. The van der Waals surface area contributed by atoms with Crippen molar-refractivity contribution in [1.29, 1.82) is 5.26 Å². The summed E-state index contributed by atoms with van der Waals surface area (Å²) >= 11 is 23.7. The van der Waals surface area contributed by atoms with Crippen molar-refractivity contribution in [1.82, 2.24) is 3.71 Å². The molecule has 0 aliphatic heterocycles. The fourth-order valence-corrected chi connectivity index (χ4v) is 5.27. The fraction of sp³-hybridized carbons (Fsp3) is 0.889. The minimum Gasteiger partial charge on any atom is -0.212 e. The van der Waals surface area contributed by atoms with Crippen molar-refractivity contribution in [2.45, 2.75) is 39.7 Å². The van der Waals surface area contributed by atoms with Gasteiger partial charge in [0.05, 0.1) is 12.3 Å². The molecular formula is C9H12Cl4N2O2S2. The van der Waals surface area contributed by atoms with Crippen molar-refractivity contribution in [3.05, 3.63) is 0 Å². The second-order valence-electron chi connectivity index (χ2n) is 4.29. The molecule has 4 nitrogen and oxygen atoms in total. The van der Waals surface area contributed by atoms with E-state index in [1.54, 1.807) is 0 Å². The number of hydrogen-bond donors (Lipinski definition) is 0. The maximum absolute atomic E-state index is 11.9. The molecule has 0 aromatic heterocycles. The number of halogens is 4. The minimum atomic E-state index is -3.70. The monoisotopic (exact) mass is 384 g/mol. The SMILES string of the molecule is CS(=O)(=O)N(SC(Cl)(Cl)C(Cl)Cl)C1(C#N)CCCC1. The molecule has 1 aliphatic carbocycles. The Morgan fingerprint density at radius 1 is 1.37 bits per heavy atom. The van der Waals surface area contributed by atoms with Crippen LogP contribution in [0.4, 0.5) is 0 Å². The molecule has 0 aromatic carbocycles. The van der Waals surface area contributed by atoms with Crippen molar-refractivity contribution >= 4 is 68.4 Å². The summed E-state index contributed by atoms with van der Waals surface area (Å²) < 4.78 is 23.1. The third-order valence-corrected chi connectivity index (χ3v) is 7.94. The van der Waals surface area contributed by atoms with Gasteiger partial charge in [-0.2, -0.15) is 5.26 Å². The van der Waals surface area contributed by atoms with Crippen molar-refractivity contribution in [3.63, 3.8) is 0 Å². The number of hydrogen-bond acceptors (Lipinski definition) is 4. The van der Waals surface area contributed by atoms with Gasteiger partial charge >= 0.3 is 0 Å². The molecule has 1 saturated carbocycles. The van der Waals surface area contributed by atoms with Gasteiger partial charge in [0.2, 0.25) is 13.7 Å². The van der Waals surface area contributed by atoms with E-state index in [4.69, 9.17) is 46.4 Å². The highest BCUT2D eigenvalue weighted by Gasteiger charge is 2.50. The summed E-state index contributed by atoms with van der Waals surface area (Å²) in [7, 11) is -3.70. The predicted molar refractivity (Wildman–Crippen MR) is 81.0 cm³/mol. The number of nitrogens with zero attached hydrogens (tertiary/aromatic N) is 2. The van der Waals surface area contributed by atoms with Gasteiger partial charge in [0.25, 0.3) is 0 Å². The number of rotatable bonds is 5. The standard InChI is InChI=1S/C9H12Cl4N2O2S2/c1-19(16,17)15(18-9(12,13)7(10)11)8(6-14)4-2-3-5-8/h7H,2-5H2,1H3. The first-order valence-corrected chi connectivity index (χ1v) is 9.57. The minimum absolute atomic E-state index is 0.433. The Morgan fingerprint density at radius 3 is 2.16 bits per heavy atom. The van der Waals surface area contributed by atoms with Crippen LogP contribution in [0.25, 0.3) is 0 Å². The Labute approximate surface area is 137 Å². The summed E-state index contributed by atoms with van der Waals surface area (Å²) in [6.45, 7) is 0. The quantitative estimate of drug-likeness (QED) is 0.535. The molecule has 10 heteroatoms. The zero-order valence-corrected chi connectivity index (χ0v) is 14.6. The van der Waals surface area contributed by atoms with E-state index in [1.165, 1.54) is 0 Å². The van der Waals surface area contributed by atoms with E-state index in [0.29, 0.717) is 24.8 Å². The number of nitriles is 1. The third kappa shape index (κ3) is 4.19. The van der Waals surface area contributed by atoms with Crippen LogP contribution in [0.15, 0.2) is 0 Å². The summed E-state index contributed by atoms with van der Waals surface area (Å²) in [4.78, 5) is -1.21. The van der Waals surface area contributed by atoms with E-state index >= 15 is 0 Å². The number of sulfonamides is 1. The second-order valence-corrected chi connectivity index (χ2v) is 10.5. The summed E-state index contributed by atoms with van der Waals surface area (Å²) in [5.74, 6) is 0. The normalized spacial score (nSPS) is 19.9. The first-order chi connectivity index (χ1) is 8.55. The molecule has 19 heavy (non-hydrogen) atoms. The average molecular weight is 386 g/mol. The molecule has 0 N–H and O–H groups in total. The van der Waals surface area contributed by atoms with Crippen LogP contribution in [0.3, 0.4) is 0 Å². The highest BCUT2D eigenvalue weighted by molar-refractivity contribution is 8.10. The molecule has 0 bridgehead atoms. The highest BCUT2D eigenvalue weighted by atomic mass is 35.5. The molecular weight excluding hydrogens is 374 g/mol. The van der Waals surface area contributed by atoms with Crippen LogP contribution < -0.4 is 0 Å². The Morgan fingerprint density at radius 2 is 1.84 bits per heavy atom. The van der Waals surface area contributed by atoms with Gasteiger partial charge in [-0.3, -0.25) is 0 Å². The van der Waals surface area contributed by atoms with Gasteiger partial charge in [-0.1, -0.05) is 36.0 Å². The third-order valence-electron chi connectivity index (χ3n) is 2.75. The summed E-state index contributed by atoms with van der Waals surface area (Å²) in [5, 5.41) is 9.36. The van der Waals surface area contributed by atoms with Gasteiger partial charge in [-0.15, -0.1) is 26.9 Å². The molecule has 1 rings (SSSR count). The molecule has 0 saturated heterocycles. The van der Waals surface area contributed by atoms with Gasteiger partial charge in [0.15, 0.2) is 4.84 Å². The van der Waals surface area contributed by atoms with Crippen molar-refractivity contribution in [2.24, 2.45) is 0 Å². The van der Waals surface area contributed by atoms with Crippen LogP contribution in [0.1, 0.15) is 25.7 Å². The average Bonchev–Trinajstić information content (AvgIpc) is 2.73. The molecule has 110 valence electrons. The van der Waals surface area contributed by atoms with Gasteiger partial charge in [0, 0.05) is 0 Å². The zero-order chi connectivity index (χ0) is 14.9. The van der Waals surface area contributed by atoms with Crippen molar-refractivity contribution < 1.29 is 8.42 Å². The van der Waals surface area contributed by atoms with Crippen LogP contribution >= 0.6 is 58.4 Å². The van der Waals surface area contributed by atoms with Gasteiger partial charge in [-0.25, -0.2) is 8.42 Å². The van der Waals surface area contributed by atoms with Gasteiger partial charge in [-0.05, 0) is 24.8 Å². The van der Waals surface area contributed by atoms with Crippen LogP contribution in [-0.4, -0.2) is 32.4 Å². The van der Waals surface area contributed by atoms with Gasteiger partial charge < -0.3 is 0 Å². The first kappa shape index (κ1) is 18.0. The molecule has 0 radical (unpaired) electrons. The summed E-state index contributed by atoms with van der Waals surface area (Å²) in [5.41, 5.74) is -1.14. The van der Waals surface area contributed by atoms with E-state index in [2.05, 4.69) is 6.07 Å². The fourth-order valence-electron chi connectivity index (χ4n) is 1.92. The van der Waals surface area contributed by atoms with Crippen LogP contribution in [-0.2, 0) is 10.0 Å². The topological polar surface area (TPSA) is 61.2 Å². The zero-order valence-electron chi connectivity index (χ0n) is 9.95. The maximum atomic E-state index is 11.9. The van der Waals surface area contributed by atoms with E-state index in [1.807, 2.05) is 0 Å². The smallest absolute Gasteiger partial charge is 0.212 e. The van der Waals surface area contributed by atoms with Crippen LogP contribution in [0, 0.1) is 11.3 Å². The lowest BCUT2D eigenvalue weighted by Gasteiger charge is -2.36. The predicted octanol–water partition coefficient (Wildman–Crippen LogP) is 3.67. The summed E-state index contributed by atoms with van der Waals surface area (Å²) in [6, 6.07) is 2.07. The van der Waals surface area contributed by atoms with Crippen LogP contribution in [0.5, 0.6) is 0 Å². The van der Waals surface area contributed by atoms with E-state index in [9.17, 15) is 13.7 Å². The molecule has 1 fully saturated rings. The molecule has 0 amide bonds. The molecule has 1 aliphatic rings. The first-order valence-electron chi connectivity index (χ1n) is 5.32. The Bertz CT molecular complexity index is 469. The highest BCUT2D eigenvalue weighted by Crippen LogP contribution is 2.50. The molecule has 0 heterocycles. The van der Waals surface area contributed by atoms with E-state index < -0.39 is 24.1 Å². The number of alkyl halides is 4. The lowest BCUT2D eigenvalue weighted by Crippen LogP contribution is -2.46. The molecule has 0 unspecified atom stereocenters. The molecule has 0 spiro atoms. The Kier molecular flexibility index (Phi) is 6.00. The van der Waals surface area contributed by atoms with Crippen LogP contribution in [0.2, 0.25) is 0 Å². The lowest BCUT2D eigenvalue weighted by atomic mass is 10.0.